The topological polar surface area (TPSA) is 58.4 Å². The average Bonchev–Trinajstić information content (AvgIpc) is 3.16. The lowest BCUT2D eigenvalue weighted by atomic mass is 9.84. The number of carbonyl (C=O) groups is 1. The summed E-state index contributed by atoms with van der Waals surface area (Å²) in [6.07, 6.45) is 4.54. The minimum absolute atomic E-state index is 0.0603. The molecule has 0 heterocycles. The summed E-state index contributed by atoms with van der Waals surface area (Å²) in [4.78, 5) is 14.8. The maximum absolute atomic E-state index is 12.4. The van der Waals surface area contributed by atoms with E-state index in [1.165, 1.54) is 18.5 Å². The molecule has 126 valence electrons. The summed E-state index contributed by atoms with van der Waals surface area (Å²) < 4.78 is 0. The van der Waals surface area contributed by atoms with Gasteiger partial charge in [0.25, 0.3) is 0 Å². The molecule has 2 fully saturated rings. The highest BCUT2D eigenvalue weighted by Crippen LogP contribution is 2.47. The molecule has 2 aliphatic rings. The smallest absolute Gasteiger partial charge is 0.224 e. The first-order valence-corrected chi connectivity index (χ1v) is 9.04. The number of nitrogens with zero attached hydrogens (tertiary/aromatic N) is 1. The number of anilines is 1. The van der Waals surface area contributed by atoms with Crippen LogP contribution in [0, 0.1) is 17.8 Å². The van der Waals surface area contributed by atoms with Crippen molar-refractivity contribution in [1.29, 1.82) is 0 Å². The van der Waals surface area contributed by atoms with Crippen LogP contribution in [0.25, 0.3) is 0 Å². The molecule has 4 heteroatoms. The highest BCUT2D eigenvalue weighted by atomic mass is 16.1. The molecule has 2 bridgehead atoms. The maximum Gasteiger partial charge on any atom is 0.224 e. The first-order chi connectivity index (χ1) is 11.2. The van der Waals surface area contributed by atoms with E-state index < -0.39 is 0 Å². The highest BCUT2D eigenvalue weighted by molar-refractivity contribution is 5.80. The van der Waals surface area contributed by atoms with Crippen molar-refractivity contribution in [3.05, 3.63) is 30.3 Å². The first-order valence-electron chi connectivity index (χ1n) is 9.04. The van der Waals surface area contributed by atoms with Crippen molar-refractivity contribution in [3.8, 4) is 0 Å². The van der Waals surface area contributed by atoms with Gasteiger partial charge in [-0.25, -0.2) is 0 Å². The highest BCUT2D eigenvalue weighted by Gasteiger charge is 2.48. The van der Waals surface area contributed by atoms with Crippen LogP contribution in [0.3, 0.4) is 0 Å². The maximum atomic E-state index is 12.4. The Morgan fingerprint density at radius 3 is 2.65 bits per heavy atom. The third-order valence-electron chi connectivity index (χ3n) is 5.69. The van der Waals surface area contributed by atoms with E-state index in [1.807, 2.05) is 6.07 Å². The summed E-state index contributed by atoms with van der Waals surface area (Å²) in [5.41, 5.74) is 7.49. The van der Waals surface area contributed by atoms with Gasteiger partial charge in [0.15, 0.2) is 0 Å². The molecular weight excluding hydrogens is 286 g/mol. The number of nitrogens with one attached hydrogen (secondary N) is 1. The van der Waals surface area contributed by atoms with Crippen LogP contribution in [0.4, 0.5) is 5.69 Å². The molecule has 0 aromatic heterocycles. The molecule has 1 aromatic rings. The van der Waals surface area contributed by atoms with E-state index >= 15 is 0 Å². The monoisotopic (exact) mass is 315 g/mol. The van der Waals surface area contributed by atoms with Gasteiger partial charge in [0.05, 0.1) is 5.92 Å². The zero-order valence-corrected chi connectivity index (χ0v) is 14.1. The summed E-state index contributed by atoms with van der Waals surface area (Å²) in [6, 6.07) is 10.5. The fourth-order valence-electron chi connectivity index (χ4n) is 4.43. The van der Waals surface area contributed by atoms with Crippen molar-refractivity contribution in [1.82, 2.24) is 5.32 Å². The van der Waals surface area contributed by atoms with Crippen molar-refractivity contribution in [2.45, 2.75) is 38.6 Å². The lowest BCUT2D eigenvalue weighted by Gasteiger charge is -2.27. The van der Waals surface area contributed by atoms with Crippen LogP contribution < -0.4 is 16.0 Å². The molecule has 1 amide bonds. The molecule has 2 aliphatic carbocycles. The number of carbonyl (C=O) groups excluding carboxylic acids is 1. The minimum Gasteiger partial charge on any atom is -0.372 e. The number of fused-ring (bicyclic) bond motifs is 2. The van der Waals surface area contributed by atoms with Gasteiger partial charge in [-0.3, -0.25) is 4.79 Å². The summed E-state index contributed by atoms with van der Waals surface area (Å²) in [7, 11) is 0. The molecule has 1 aromatic carbocycles. The third kappa shape index (κ3) is 3.52. The summed E-state index contributed by atoms with van der Waals surface area (Å²) >= 11 is 0. The van der Waals surface area contributed by atoms with E-state index in [0.717, 1.165) is 32.5 Å². The molecule has 3 rings (SSSR count). The predicted molar refractivity (Wildman–Crippen MR) is 94.3 cm³/mol. The lowest BCUT2D eigenvalue weighted by molar-refractivity contribution is -0.127. The number of para-hydroxylation sites is 1. The Hall–Kier alpha value is -1.55. The molecule has 4 atom stereocenters. The molecule has 0 saturated heterocycles. The fourth-order valence-corrected chi connectivity index (χ4v) is 4.43. The molecule has 0 aliphatic heterocycles. The van der Waals surface area contributed by atoms with Crippen LogP contribution >= 0.6 is 0 Å². The number of amides is 1. The van der Waals surface area contributed by atoms with Crippen LogP contribution in [-0.4, -0.2) is 31.6 Å². The van der Waals surface area contributed by atoms with Gasteiger partial charge in [0, 0.05) is 31.4 Å². The van der Waals surface area contributed by atoms with Crippen LogP contribution in [0.2, 0.25) is 0 Å². The van der Waals surface area contributed by atoms with E-state index in [1.54, 1.807) is 0 Å². The molecule has 4 nitrogen and oxygen atoms in total. The van der Waals surface area contributed by atoms with Crippen LogP contribution in [-0.2, 0) is 4.79 Å². The molecular formula is C19H29N3O. The average molecular weight is 315 g/mol. The second-order valence-corrected chi connectivity index (χ2v) is 7.00. The lowest BCUT2D eigenvalue weighted by Crippen LogP contribution is -2.45. The normalized spacial score (nSPS) is 28.8. The van der Waals surface area contributed by atoms with E-state index in [9.17, 15) is 4.79 Å². The number of hydrogen-bond acceptors (Lipinski definition) is 3. The van der Waals surface area contributed by atoms with Crippen LogP contribution in [0.5, 0.6) is 0 Å². The van der Waals surface area contributed by atoms with Crippen molar-refractivity contribution < 1.29 is 4.79 Å². The second kappa shape index (κ2) is 7.35. The fraction of sp³-hybridized carbons (Fsp3) is 0.632. The number of rotatable bonds is 7. The zero-order chi connectivity index (χ0) is 16.2. The Morgan fingerprint density at radius 2 is 2.00 bits per heavy atom. The van der Waals surface area contributed by atoms with Gasteiger partial charge in [-0.05, 0) is 56.6 Å². The van der Waals surface area contributed by atoms with Crippen molar-refractivity contribution >= 4 is 11.6 Å². The number of hydrogen-bond donors (Lipinski definition) is 2. The quantitative estimate of drug-likeness (QED) is 0.760. The zero-order valence-electron chi connectivity index (χ0n) is 14.1. The second-order valence-electron chi connectivity index (χ2n) is 7.00. The third-order valence-corrected chi connectivity index (χ3v) is 5.69. The van der Waals surface area contributed by atoms with Crippen LogP contribution in [0.15, 0.2) is 30.3 Å². The van der Waals surface area contributed by atoms with E-state index in [4.69, 9.17) is 5.73 Å². The molecule has 0 spiro atoms. The van der Waals surface area contributed by atoms with E-state index in [-0.39, 0.29) is 17.9 Å². The Bertz CT molecular complexity index is 517. The standard InChI is InChI=1S/C19H29N3O/c1-2-22(16-7-4-3-5-8-16)12-6-11-21-19(23)17-14-9-10-15(13-14)18(17)20/h3-5,7-8,14-15,17-18H,2,6,9-13,20H2,1H3,(H,21,23). The van der Waals surface area contributed by atoms with Gasteiger partial charge in [-0.15, -0.1) is 0 Å². The van der Waals surface area contributed by atoms with E-state index in [2.05, 4.69) is 41.4 Å². The molecule has 3 N–H and O–H groups in total. The van der Waals surface area contributed by atoms with Gasteiger partial charge in [0.2, 0.25) is 5.91 Å². The molecule has 4 unspecified atom stereocenters. The summed E-state index contributed by atoms with van der Waals surface area (Å²) in [5, 5.41) is 3.13. The predicted octanol–water partition coefficient (Wildman–Crippen LogP) is 2.39. The van der Waals surface area contributed by atoms with Crippen molar-refractivity contribution in [3.63, 3.8) is 0 Å². The van der Waals surface area contributed by atoms with Gasteiger partial charge in [0.1, 0.15) is 0 Å². The van der Waals surface area contributed by atoms with Gasteiger partial charge >= 0.3 is 0 Å². The Balaban J connectivity index is 1.42. The van der Waals surface area contributed by atoms with E-state index in [0.29, 0.717) is 11.8 Å². The van der Waals surface area contributed by atoms with Gasteiger partial charge in [-0.1, -0.05) is 18.2 Å². The molecule has 23 heavy (non-hydrogen) atoms. The SMILES string of the molecule is CCN(CCCNC(=O)C1C2CCC(C2)C1N)c1ccccc1. The minimum atomic E-state index is 0.0603. The first kappa shape index (κ1) is 16.3. The Morgan fingerprint density at radius 1 is 1.26 bits per heavy atom. The van der Waals surface area contributed by atoms with Crippen molar-refractivity contribution in [2.24, 2.45) is 23.5 Å². The largest absolute Gasteiger partial charge is 0.372 e. The van der Waals surface area contributed by atoms with Crippen molar-refractivity contribution in [2.75, 3.05) is 24.5 Å². The number of nitrogens with two attached hydrogens (primary N) is 1. The van der Waals surface area contributed by atoms with Gasteiger partial charge in [-0.2, -0.15) is 0 Å². The number of benzene rings is 1. The molecule has 2 saturated carbocycles. The Labute approximate surface area is 139 Å². The summed E-state index contributed by atoms with van der Waals surface area (Å²) in [5.74, 6) is 1.37. The Kier molecular flexibility index (Phi) is 5.21. The summed E-state index contributed by atoms with van der Waals surface area (Å²) in [6.45, 7) is 4.85. The van der Waals surface area contributed by atoms with Crippen LogP contribution in [0.1, 0.15) is 32.6 Å². The molecule has 0 radical (unpaired) electrons. The van der Waals surface area contributed by atoms with Gasteiger partial charge < -0.3 is 16.0 Å².